The maximum absolute atomic E-state index is 6.90. The van der Waals surface area contributed by atoms with Gasteiger partial charge < -0.3 is 13.3 Å². The Hall–Kier alpha value is -1.25. The van der Waals surface area contributed by atoms with Gasteiger partial charge in [0.15, 0.2) is 0 Å². The molecule has 0 aliphatic carbocycles. The Bertz CT molecular complexity index is 986. The SMILES string of the molecule is CC(C)(C)[Si](C)(C)Oc1ccc(O[Si](C)(C)C(C)(C)C)c2c(O[Si](C)(C)C(C)(C)C)cccc12. The molecule has 3 nitrogen and oxygen atoms in total. The molecule has 0 saturated heterocycles. The molecule has 0 atom stereocenters. The molecule has 0 unspecified atom stereocenters. The fourth-order valence-corrected chi connectivity index (χ4v) is 5.94. The quantitative estimate of drug-likeness (QED) is 0.356. The summed E-state index contributed by atoms with van der Waals surface area (Å²) in [5.41, 5.74) is 0. The van der Waals surface area contributed by atoms with E-state index in [0.29, 0.717) is 0 Å². The molecular weight excluding hydrogens is 469 g/mol. The maximum Gasteiger partial charge on any atom is 0.250 e. The van der Waals surface area contributed by atoms with E-state index in [0.717, 1.165) is 28.0 Å². The zero-order valence-electron chi connectivity index (χ0n) is 24.6. The Kier molecular flexibility index (Phi) is 7.67. The van der Waals surface area contributed by atoms with E-state index in [2.05, 4.69) is 132 Å². The van der Waals surface area contributed by atoms with Crippen molar-refractivity contribution in [2.45, 2.75) is 117 Å². The second-order valence-electron chi connectivity index (χ2n) is 14.3. The van der Waals surface area contributed by atoms with E-state index in [-0.39, 0.29) is 15.1 Å². The van der Waals surface area contributed by atoms with E-state index < -0.39 is 25.0 Å². The van der Waals surface area contributed by atoms with Gasteiger partial charge in [0, 0.05) is 5.39 Å². The highest BCUT2D eigenvalue weighted by Gasteiger charge is 2.42. The second-order valence-corrected chi connectivity index (χ2v) is 28.5. The molecule has 6 heteroatoms. The zero-order chi connectivity index (χ0) is 26.5. The Balaban J connectivity index is 2.79. The highest BCUT2D eigenvalue weighted by Crippen LogP contribution is 2.47. The van der Waals surface area contributed by atoms with E-state index in [1.54, 1.807) is 0 Å². The highest BCUT2D eigenvalue weighted by molar-refractivity contribution is 6.76. The van der Waals surface area contributed by atoms with E-state index in [9.17, 15) is 0 Å². The summed E-state index contributed by atoms with van der Waals surface area (Å²) in [7, 11) is -6.12. The monoisotopic (exact) mass is 518 g/mol. The third kappa shape index (κ3) is 5.93. The van der Waals surface area contributed by atoms with Crippen molar-refractivity contribution in [1.29, 1.82) is 0 Å². The van der Waals surface area contributed by atoms with Gasteiger partial charge >= 0.3 is 0 Å². The van der Waals surface area contributed by atoms with Gasteiger partial charge in [-0.15, -0.1) is 0 Å². The smallest absolute Gasteiger partial charge is 0.250 e. The first-order valence-corrected chi connectivity index (χ1v) is 21.4. The largest absolute Gasteiger partial charge is 0.543 e. The molecule has 0 amide bonds. The normalized spacial score (nSPS) is 14.3. The van der Waals surface area contributed by atoms with Gasteiger partial charge in [0.1, 0.15) is 17.2 Å². The van der Waals surface area contributed by atoms with Crippen LogP contribution in [0.25, 0.3) is 10.8 Å². The maximum atomic E-state index is 6.90. The lowest BCUT2D eigenvalue weighted by atomic mass is 10.1. The minimum atomic E-state index is -2.05. The number of hydrogen-bond acceptors (Lipinski definition) is 3. The van der Waals surface area contributed by atoms with Crippen LogP contribution in [0, 0.1) is 0 Å². The first-order valence-electron chi connectivity index (χ1n) is 12.6. The number of rotatable bonds is 6. The van der Waals surface area contributed by atoms with Gasteiger partial charge in [0.05, 0.1) is 5.39 Å². The predicted molar refractivity (Wildman–Crippen MR) is 157 cm³/mol. The summed E-state index contributed by atoms with van der Waals surface area (Å²) in [5.74, 6) is 2.77. The molecule has 0 bridgehead atoms. The first-order chi connectivity index (χ1) is 15.0. The van der Waals surface area contributed by atoms with Crippen molar-refractivity contribution in [3.63, 3.8) is 0 Å². The molecule has 34 heavy (non-hydrogen) atoms. The molecular formula is C28H50O3Si3. The number of hydrogen-bond donors (Lipinski definition) is 0. The summed E-state index contributed by atoms with van der Waals surface area (Å²) >= 11 is 0. The topological polar surface area (TPSA) is 27.7 Å². The standard InChI is InChI=1S/C28H50O3Si3/c1-26(2,3)32(10,11)29-22-19-20-24(31-34(14,15)28(7,8)9)25-21(22)17-16-18-23(25)30-33(12,13)27(4,5)6/h16-20H,1-15H3. The molecule has 2 rings (SSSR count). The average molecular weight is 519 g/mol. The summed E-state index contributed by atoms with van der Waals surface area (Å²) in [6, 6.07) is 10.6. The second kappa shape index (κ2) is 9.00. The zero-order valence-corrected chi connectivity index (χ0v) is 27.6. The van der Waals surface area contributed by atoms with E-state index >= 15 is 0 Å². The van der Waals surface area contributed by atoms with Crippen LogP contribution in [0.15, 0.2) is 30.3 Å². The summed E-state index contributed by atoms with van der Waals surface area (Å²) in [6.45, 7) is 34.3. The number of benzene rings is 2. The van der Waals surface area contributed by atoms with Crippen LogP contribution in [0.3, 0.4) is 0 Å². The Morgan fingerprint density at radius 2 is 0.794 bits per heavy atom. The molecule has 2 aromatic rings. The highest BCUT2D eigenvalue weighted by atomic mass is 28.4. The van der Waals surface area contributed by atoms with E-state index in [1.165, 1.54) is 0 Å². The summed E-state index contributed by atoms with van der Waals surface area (Å²) in [5, 5.41) is 2.45. The number of fused-ring (bicyclic) bond motifs is 1. The fourth-order valence-electron chi connectivity index (χ4n) is 2.86. The van der Waals surface area contributed by atoms with Crippen LogP contribution in [0.1, 0.15) is 62.3 Å². The van der Waals surface area contributed by atoms with Crippen LogP contribution in [0.5, 0.6) is 17.2 Å². The molecule has 0 radical (unpaired) electrons. The lowest BCUT2D eigenvalue weighted by Crippen LogP contribution is -2.45. The Morgan fingerprint density at radius 3 is 1.18 bits per heavy atom. The Labute approximate surface area is 213 Å². The molecule has 0 aliphatic rings. The van der Waals surface area contributed by atoms with Gasteiger partial charge in [-0.1, -0.05) is 74.4 Å². The lowest BCUT2D eigenvalue weighted by molar-refractivity contribution is 0.480. The minimum Gasteiger partial charge on any atom is -0.543 e. The van der Waals surface area contributed by atoms with Crippen LogP contribution in [0.4, 0.5) is 0 Å². The predicted octanol–water partition coefficient (Wildman–Crippen LogP) is 9.99. The molecule has 0 aromatic heterocycles. The van der Waals surface area contributed by atoms with Crippen molar-refractivity contribution >= 4 is 35.7 Å². The molecule has 0 saturated carbocycles. The van der Waals surface area contributed by atoms with Gasteiger partial charge in [-0.25, -0.2) is 0 Å². The first kappa shape index (κ1) is 29.0. The lowest BCUT2D eigenvalue weighted by Gasteiger charge is -2.39. The third-order valence-electron chi connectivity index (χ3n) is 8.44. The van der Waals surface area contributed by atoms with Crippen molar-refractivity contribution in [1.82, 2.24) is 0 Å². The van der Waals surface area contributed by atoms with Crippen molar-refractivity contribution in [3.05, 3.63) is 30.3 Å². The van der Waals surface area contributed by atoms with Crippen molar-refractivity contribution in [2.24, 2.45) is 0 Å². The van der Waals surface area contributed by atoms with Gasteiger partial charge in [-0.2, -0.15) is 0 Å². The third-order valence-corrected chi connectivity index (χ3v) is 21.5. The minimum absolute atomic E-state index is 0.102. The van der Waals surface area contributed by atoms with Crippen LogP contribution < -0.4 is 13.3 Å². The van der Waals surface area contributed by atoms with Gasteiger partial charge in [0.25, 0.3) is 25.0 Å². The summed E-state index contributed by atoms with van der Waals surface area (Å²) in [4.78, 5) is 0. The molecule has 2 aromatic carbocycles. The molecule has 0 heterocycles. The summed E-state index contributed by atoms with van der Waals surface area (Å²) < 4.78 is 20.6. The molecule has 0 fully saturated rings. The fraction of sp³-hybridized carbons (Fsp3) is 0.643. The molecule has 0 spiro atoms. The molecule has 192 valence electrons. The van der Waals surface area contributed by atoms with Crippen LogP contribution >= 0.6 is 0 Å². The van der Waals surface area contributed by atoms with Gasteiger partial charge in [-0.05, 0) is 72.6 Å². The van der Waals surface area contributed by atoms with Crippen molar-refractivity contribution in [2.75, 3.05) is 0 Å². The van der Waals surface area contributed by atoms with Crippen molar-refractivity contribution < 1.29 is 13.3 Å². The van der Waals surface area contributed by atoms with Gasteiger partial charge in [-0.3, -0.25) is 0 Å². The van der Waals surface area contributed by atoms with Crippen LogP contribution in [0.2, 0.25) is 54.4 Å². The van der Waals surface area contributed by atoms with Crippen LogP contribution in [-0.2, 0) is 0 Å². The van der Waals surface area contributed by atoms with E-state index in [1.807, 2.05) is 0 Å². The van der Waals surface area contributed by atoms with Crippen molar-refractivity contribution in [3.8, 4) is 17.2 Å². The summed E-state index contributed by atoms with van der Waals surface area (Å²) in [6.07, 6.45) is 0. The average Bonchev–Trinajstić information content (AvgIpc) is 2.60. The van der Waals surface area contributed by atoms with E-state index in [4.69, 9.17) is 13.3 Å². The molecule has 0 N–H and O–H groups in total. The van der Waals surface area contributed by atoms with Crippen LogP contribution in [-0.4, -0.2) is 25.0 Å². The Morgan fingerprint density at radius 1 is 0.471 bits per heavy atom. The molecule has 0 aliphatic heterocycles. The van der Waals surface area contributed by atoms with Gasteiger partial charge in [0.2, 0.25) is 0 Å².